The van der Waals surface area contributed by atoms with Gasteiger partial charge in [-0.3, -0.25) is 0 Å². The lowest BCUT2D eigenvalue weighted by Gasteiger charge is -2.20. The van der Waals surface area contributed by atoms with Crippen LogP contribution < -0.4 is 0 Å². The average Bonchev–Trinajstić information content (AvgIpc) is 2.22. The molecule has 0 N–H and O–H groups in total. The maximum atomic E-state index is 5.26. The fourth-order valence-electron chi connectivity index (χ4n) is 1.32. The van der Waals surface area contributed by atoms with Crippen LogP contribution in [0, 0.1) is 0 Å². The lowest BCUT2D eigenvalue weighted by Crippen LogP contribution is -2.39. The van der Waals surface area contributed by atoms with Crippen molar-refractivity contribution in [2.24, 2.45) is 0 Å². The molecule has 0 unspecified atom stereocenters. The number of ether oxygens (including phenoxy) is 2. The van der Waals surface area contributed by atoms with E-state index in [9.17, 15) is 0 Å². The van der Waals surface area contributed by atoms with Crippen LogP contribution in [-0.4, -0.2) is 37.1 Å². The Morgan fingerprint density at radius 3 is 2.22 bits per heavy atom. The molecule has 2 heterocycles. The molecule has 0 atom stereocenters. The van der Waals surface area contributed by atoms with Gasteiger partial charge in [0.1, 0.15) is 13.5 Å². The van der Waals surface area contributed by atoms with Crippen molar-refractivity contribution in [3.05, 3.63) is 0 Å². The maximum absolute atomic E-state index is 5.26. The highest BCUT2D eigenvalue weighted by molar-refractivity contribution is 4.90. The number of rotatable bonds is 0. The van der Waals surface area contributed by atoms with Crippen LogP contribution >= 0.6 is 0 Å². The first-order valence-corrected chi connectivity index (χ1v) is 3.22. The molecule has 0 aromatic heterocycles. The standard InChI is InChI=1S/C6H11NO2/c1-6-2-8-4-7(6)5-9-3-6/h2-5H2,1H3. The van der Waals surface area contributed by atoms with Crippen molar-refractivity contribution in [3.8, 4) is 0 Å². The first-order chi connectivity index (χ1) is 4.31. The van der Waals surface area contributed by atoms with E-state index in [1.807, 2.05) is 0 Å². The molecule has 2 saturated heterocycles. The van der Waals surface area contributed by atoms with Gasteiger partial charge in [-0.1, -0.05) is 0 Å². The molecule has 52 valence electrons. The summed E-state index contributed by atoms with van der Waals surface area (Å²) in [6, 6.07) is 0. The third kappa shape index (κ3) is 0.689. The summed E-state index contributed by atoms with van der Waals surface area (Å²) in [5.41, 5.74) is 0.194. The van der Waals surface area contributed by atoms with Crippen LogP contribution in [0.5, 0.6) is 0 Å². The third-order valence-corrected chi connectivity index (χ3v) is 2.08. The topological polar surface area (TPSA) is 21.7 Å². The van der Waals surface area contributed by atoms with Crippen molar-refractivity contribution >= 4 is 0 Å². The Bertz CT molecular complexity index is 116. The first kappa shape index (κ1) is 5.65. The van der Waals surface area contributed by atoms with Gasteiger partial charge in [0.2, 0.25) is 0 Å². The molecule has 2 aliphatic heterocycles. The van der Waals surface area contributed by atoms with Gasteiger partial charge >= 0.3 is 0 Å². The van der Waals surface area contributed by atoms with E-state index >= 15 is 0 Å². The van der Waals surface area contributed by atoms with Crippen molar-refractivity contribution in [3.63, 3.8) is 0 Å². The molecule has 2 fully saturated rings. The summed E-state index contributed by atoms with van der Waals surface area (Å²) in [4.78, 5) is 2.22. The van der Waals surface area contributed by atoms with Crippen LogP contribution in [0.2, 0.25) is 0 Å². The molecule has 2 aliphatic rings. The highest BCUT2D eigenvalue weighted by Gasteiger charge is 2.42. The molecule has 0 spiro atoms. The van der Waals surface area contributed by atoms with Gasteiger partial charge in [-0.25, -0.2) is 4.90 Å². The Balaban J connectivity index is 2.17. The van der Waals surface area contributed by atoms with Crippen LogP contribution in [-0.2, 0) is 9.47 Å². The molecule has 3 heteroatoms. The molecule has 3 nitrogen and oxygen atoms in total. The van der Waals surface area contributed by atoms with Gasteiger partial charge < -0.3 is 9.47 Å². The van der Waals surface area contributed by atoms with Crippen LogP contribution in [0.25, 0.3) is 0 Å². The lowest BCUT2D eigenvalue weighted by atomic mass is 10.1. The second kappa shape index (κ2) is 1.68. The summed E-state index contributed by atoms with van der Waals surface area (Å²) in [5.74, 6) is 0. The van der Waals surface area contributed by atoms with E-state index in [0.29, 0.717) is 0 Å². The Morgan fingerprint density at radius 2 is 1.78 bits per heavy atom. The summed E-state index contributed by atoms with van der Waals surface area (Å²) in [6.07, 6.45) is 0. The molecule has 0 amide bonds. The average molecular weight is 129 g/mol. The fourth-order valence-corrected chi connectivity index (χ4v) is 1.32. The van der Waals surface area contributed by atoms with Crippen molar-refractivity contribution in [2.45, 2.75) is 12.5 Å². The van der Waals surface area contributed by atoms with Crippen molar-refractivity contribution in [1.29, 1.82) is 0 Å². The van der Waals surface area contributed by atoms with Gasteiger partial charge in [0.05, 0.1) is 18.8 Å². The van der Waals surface area contributed by atoms with Crippen LogP contribution in [0.4, 0.5) is 0 Å². The molecule has 0 aliphatic carbocycles. The van der Waals surface area contributed by atoms with E-state index in [2.05, 4.69) is 11.8 Å². The Labute approximate surface area is 54.5 Å². The maximum Gasteiger partial charge on any atom is 0.101 e. The van der Waals surface area contributed by atoms with Gasteiger partial charge in [-0.15, -0.1) is 0 Å². The zero-order chi connectivity index (χ0) is 6.32. The van der Waals surface area contributed by atoms with E-state index in [1.54, 1.807) is 0 Å². The van der Waals surface area contributed by atoms with Gasteiger partial charge in [0, 0.05) is 0 Å². The molecule has 0 bridgehead atoms. The predicted molar refractivity (Wildman–Crippen MR) is 31.9 cm³/mol. The summed E-state index contributed by atoms with van der Waals surface area (Å²) in [5, 5.41) is 0. The van der Waals surface area contributed by atoms with E-state index in [4.69, 9.17) is 9.47 Å². The highest BCUT2D eigenvalue weighted by atomic mass is 16.6. The van der Waals surface area contributed by atoms with Crippen molar-refractivity contribution in [2.75, 3.05) is 26.7 Å². The highest BCUT2D eigenvalue weighted by Crippen LogP contribution is 2.26. The minimum absolute atomic E-state index is 0.194. The normalized spacial score (nSPS) is 33.0. The quantitative estimate of drug-likeness (QED) is 0.460. The molecule has 0 saturated carbocycles. The van der Waals surface area contributed by atoms with E-state index < -0.39 is 0 Å². The fraction of sp³-hybridized carbons (Fsp3) is 1.00. The molecule has 9 heavy (non-hydrogen) atoms. The molecular formula is C6H11NO2. The van der Waals surface area contributed by atoms with Gasteiger partial charge in [-0.2, -0.15) is 0 Å². The summed E-state index contributed by atoms with van der Waals surface area (Å²) in [6.45, 7) is 5.32. The monoisotopic (exact) mass is 129 g/mol. The molecule has 2 rings (SSSR count). The summed E-state index contributed by atoms with van der Waals surface area (Å²) >= 11 is 0. The summed E-state index contributed by atoms with van der Waals surface area (Å²) in [7, 11) is 0. The zero-order valence-electron chi connectivity index (χ0n) is 5.59. The number of nitrogens with zero attached hydrogens (tertiary/aromatic N) is 1. The van der Waals surface area contributed by atoms with Crippen LogP contribution in [0.1, 0.15) is 6.92 Å². The van der Waals surface area contributed by atoms with Crippen LogP contribution in [0.15, 0.2) is 0 Å². The second-order valence-corrected chi connectivity index (χ2v) is 2.99. The minimum Gasteiger partial charge on any atom is -0.364 e. The third-order valence-electron chi connectivity index (χ3n) is 2.08. The predicted octanol–water partition coefficient (Wildman–Crippen LogP) is 0.0225. The largest absolute Gasteiger partial charge is 0.364 e. The van der Waals surface area contributed by atoms with Gasteiger partial charge in [0.25, 0.3) is 0 Å². The SMILES string of the molecule is CC12COCN1COC2. The first-order valence-electron chi connectivity index (χ1n) is 3.22. The molecule has 0 radical (unpaired) electrons. The van der Waals surface area contributed by atoms with Crippen molar-refractivity contribution in [1.82, 2.24) is 4.90 Å². The molecule has 0 aromatic carbocycles. The molecular weight excluding hydrogens is 118 g/mol. The lowest BCUT2D eigenvalue weighted by molar-refractivity contribution is 0.0696. The Morgan fingerprint density at radius 1 is 1.22 bits per heavy atom. The minimum atomic E-state index is 0.194. The van der Waals surface area contributed by atoms with Gasteiger partial charge in [-0.05, 0) is 6.92 Å². The zero-order valence-corrected chi connectivity index (χ0v) is 5.59. The van der Waals surface area contributed by atoms with E-state index in [1.165, 1.54) is 0 Å². The smallest absolute Gasteiger partial charge is 0.101 e. The Hall–Kier alpha value is -0.120. The number of fused-ring (bicyclic) bond motifs is 1. The van der Waals surface area contributed by atoms with Crippen LogP contribution in [0.3, 0.4) is 0 Å². The number of hydrogen-bond acceptors (Lipinski definition) is 3. The number of hydrogen-bond donors (Lipinski definition) is 0. The van der Waals surface area contributed by atoms with Gasteiger partial charge in [0.15, 0.2) is 0 Å². The Kier molecular flexibility index (Phi) is 1.06. The second-order valence-electron chi connectivity index (χ2n) is 2.99. The van der Waals surface area contributed by atoms with E-state index in [-0.39, 0.29) is 5.54 Å². The summed E-state index contributed by atoms with van der Waals surface area (Å²) < 4.78 is 10.5. The van der Waals surface area contributed by atoms with E-state index in [0.717, 1.165) is 26.7 Å². The molecule has 0 aromatic rings. The van der Waals surface area contributed by atoms with Crippen molar-refractivity contribution < 1.29 is 9.47 Å².